The Labute approximate surface area is 122 Å². The third-order valence-corrected chi connectivity index (χ3v) is 3.75. The zero-order valence-corrected chi connectivity index (χ0v) is 12.4. The molecule has 1 aliphatic heterocycles. The van der Waals surface area contributed by atoms with E-state index in [0.717, 1.165) is 0 Å². The Morgan fingerprint density at radius 1 is 1.33 bits per heavy atom. The molecule has 1 saturated heterocycles. The normalized spacial score (nSPS) is 25.0. The Bertz CT molecular complexity index is 558. The van der Waals surface area contributed by atoms with Gasteiger partial charge in [-0.3, -0.25) is 9.59 Å². The van der Waals surface area contributed by atoms with Gasteiger partial charge in [0, 0.05) is 44.7 Å². The number of rotatable bonds is 7. The van der Waals surface area contributed by atoms with Crippen LogP contribution in [-0.2, 0) is 25.4 Å². The zero-order chi connectivity index (χ0) is 15.5. The number of amides is 1. The van der Waals surface area contributed by atoms with Gasteiger partial charge in [0.25, 0.3) is 5.91 Å². The summed E-state index contributed by atoms with van der Waals surface area (Å²) in [5.41, 5.74) is -0.492. The van der Waals surface area contributed by atoms with Gasteiger partial charge in [0.1, 0.15) is 13.5 Å². The van der Waals surface area contributed by atoms with Crippen LogP contribution in [0.1, 0.15) is 12.6 Å². The molecule has 21 heavy (non-hydrogen) atoms. The van der Waals surface area contributed by atoms with Crippen molar-refractivity contribution in [1.82, 2.24) is 9.88 Å². The van der Waals surface area contributed by atoms with Crippen LogP contribution in [0.4, 0.5) is 0 Å². The molecule has 7 heteroatoms. The molecule has 2 atom stereocenters. The number of carbonyl (C=O) groups excluding carboxylic acids is 1. The fraction of sp³-hybridized carbons (Fsp3) is 0.571. The monoisotopic (exact) mass is 296 g/mol. The molecule has 0 bridgehead atoms. The Kier molecular flexibility index (Phi) is 4.76. The highest BCUT2D eigenvalue weighted by molar-refractivity contribution is 5.93. The summed E-state index contributed by atoms with van der Waals surface area (Å²) in [5, 5.41) is 0. The summed E-state index contributed by atoms with van der Waals surface area (Å²) >= 11 is 0. The van der Waals surface area contributed by atoms with Crippen LogP contribution < -0.4 is 5.43 Å². The van der Waals surface area contributed by atoms with Crippen LogP contribution >= 0.6 is 0 Å². The van der Waals surface area contributed by atoms with E-state index >= 15 is 0 Å². The summed E-state index contributed by atoms with van der Waals surface area (Å²) in [5.74, 6) is -0.168. The lowest BCUT2D eigenvalue weighted by Crippen LogP contribution is -2.75. The highest BCUT2D eigenvalue weighted by Crippen LogP contribution is 2.36. The second-order valence-electron chi connectivity index (χ2n) is 5.04. The topological polar surface area (TPSA) is 80.9 Å². The molecule has 0 aromatic carbocycles. The average Bonchev–Trinajstić information content (AvgIpc) is 2.48. The van der Waals surface area contributed by atoms with Gasteiger partial charge in [-0.1, -0.05) is 0 Å². The second kappa shape index (κ2) is 6.38. The van der Waals surface area contributed by atoms with Crippen molar-refractivity contribution in [3.63, 3.8) is 0 Å². The van der Waals surface area contributed by atoms with Crippen molar-refractivity contribution in [1.29, 1.82) is 0 Å². The lowest BCUT2D eigenvalue weighted by Gasteiger charge is -2.53. The highest BCUT2D eigenvalue weighted by Gasteiger charge is 2.59. The van der Waals surface area contributed by atoms with Crippen LogP contribution in [-0.4, -0.2) is 55.2 Å². The number of ether oxygens (including phenoxy) is 3. The quantitative estimate of drug-likeness (QED) is 0.570. The van der Waals surface area contributed by atoms with Gasteiger partial charge in [0.2, 0.25) is 0 Å². The minimum Gasteiger partial charge on any atom is -0.365 e. The molecule has 1 amide bonds. The number of methoxy groups -OCH3 is 2. The maximum atomic E-state index is 12.5. The van der Waals surface area contributed by atoms with Crippen LogP contribution in [0.15, 0.2) is 23.1 Å². The predicted molar refractivity (Wildman–Crippen MR) is 74.6 cm³/mol. The molecule has 1 aromatic heterocycles. The highest BCUT2D eigenvalue weighted by atomic mass is 16.7. The summed E-state index contributed by atoms with van der Waals surface area (Å²) in [6.45, 7) is 2.11. The fourth-order valence-corrected chi connectivity index (χ4v) is 2.59. The molecular weight excluding hydrogens is 276 g/mol. The van der Waals surface area contributed by atoms with Crippen molar-refractivity contribution < 1.29 is 19.0 Å². The fourth-order valence-electron chi connectivity index (χ4n) is 2.59. The SMILES string of the molecule is COCO[C@@]1(Cc2cc(=O)cc[nH]2)C(=O)N(COC)C1C. The van der Waals surface area contributed by atoms with Crippen LogP contribution in [0.3, 0.4) is 0 Å². The number of H-pyrrole nitrogens is 1. The van der Waals surface area contributed by atoms with Crippen molar-refractivity contribution in [2.45, 2.75) is 25.0 Å². The summed E-state index contributed by atoms with van der Waals surface area (Å²) in [6, 6.07) is 2.72. The minimum absolute atomic E-state index is 0.00790. The molecule has 0 radical (unpaired) electrons. The molecule has 0 saturated carbocycles. The third kappa shape index (κ3) is 2.85. The molecule has 0 spiro atoms. The Morgan fingerprint density at radius 3 is 2.67 bits per heavy atom. The number of aromatic amines is 1. The van der Waals surface area contributed by atoms with Gasteiger partial charge in [0.15, 0.2) is 11.0 Å². The third-order valence-electron chi connectivity index (χ3n) is 3.75. The van der Waals surface area contributed by atoms with Gasteiger partial charge >= 0.3 is 0 Å². The van der Waals surface area contributed by atoms with Crippen LogP contribution in [0.2, 0.25) is 0 Å². The number of carbonyl (C=O) groups is 1. The van der Waals surface area contributed by atoms with E-state index in [1.807, 2.05) is 6.92 Å². The van der Waals surface area contributed by atoms with Crippen LogP contribution in [0.25, 0.3) is 0 Å². The maximum absolute atomic E-state index is 12.5. The molecule has 1 unspecified atom stereocenters. The van der Waals surface area contributed by atoms with Gasteiger partial charge < -0.3 is 24.1 Å². The Hall–Kier alpha value is -1.70. The summed E-state index contributed by atoms with van der Waals surface area (Å²) in [6.07, 6.45) is 1.84. The van der Waals surface area contributed by atoms with E-state index in [1.165, 1.54) is 26.4 Å². The molecule has 116 valence electrons. The minimum atomic E-state index is -1.03. The second-order valence-corrected chi connectivity index (χ2v) is 5.04. The van der Waals surface area contributed by atoms with Crippen LogP contribution in [0.5, 0.6) is 0 Å². The molecule has 0 aliphatic carbocycles. The first kappa shape index (κ1) is 15.7. The molecular formula is C14H20N2O5. The first-order chi connectivity index (χ1) is 10.0. The summed E-state index contributed by atoms with van der Waals surface area (Å²) in [4.78, 5) is 28.4. The molecule has 2 heterocycles. The van der Waals surface area contributed by atoms with E-state index in [2.05, 4.69) is 4.98 Å². The standard InChI is InChI=1S/C14H20N2O5/c1-10-14(21-9-20-3,13(18)16(10)8-19-2)7-11-6-12(17)4-5-15-11/h4-6,10H,7-9H2,1-3H3,(H,15,17)/t10?,14-/m1/s1. The predicted octanol–water partition coefficient (Wildman–Crippen LogP) is 0.111. The van der Waals surface area contributed by atoms with E-state index in [9.17, 15) is 9.59 Å². The zero-order valence-electron chi connectivity index (χ0n) is 12.4. The van der Waals surface area contributed by atoms with E-state index in [1.54, 1.807) is 11.1 Å². The van der Waals surface area contributed by atoms with Gasteiger partial charge in [-0.05, 0) is 6.92 Å². The van der Waals surface area contributed by atoms with Gasteiger partial charge in [-0.25, -0.2) is 0 Å². The lowest BCUT2D eigenvalue weighted by atomic mass is 9.79. The largest absolute Gasteiger partial charge is 0.365 e. The number of pyridine rings is 1. The summed E-state index contributed by atoms with van der Waals surface area (Å²) < 4.78 is 15.6. The first-order valence-electron chi connectivity index (χ1n) is 6.65. The average molecular weight is 296 g/mol. The van der Waals surface area contributed by atoms with Gasteiger partial charge in [0.05, 0.1) is 6.04 Å². The van der Waals surface area contributed by atoms with Crippen LogP contribution in [0, 0.1) is 0 Å². The number of hydrogen-bond donors (Lipinski definition) is 1. The van der Waals surface area contributed by atoms with Crippen molar-refractivity contribution >= 4 is 5.91 Å². The molecule has 1 fully saturated rings. The number of nitrogens with zero attached hydrogens (tertiary/aromatic N) is 1. The molecule has 1 aromatic rings. The lowest BCUT2D eigenvalue weighted by molar-refractivity contribution is -0.230. The van der Waals surface area contributed by atoms with E-state index in [0.29, 0.717) is 5.69 Å². The van der Waals surface area contributed by atoms with Gasteiger partial charge in [-0.2, -0.15) is 0 Å². The van der Waals surface area contributed by atoms with Crippen molar-refractivity contribution in [3.8, 4) is 0 Å². The van der Waals surface area contributed by atoms with Crippen molar-refractivity contribution in [2.24, 2.45) is 0 Å². The Balaban J connectivity index is 2.23. The van der Waals surface area contributed by atoms with E-state index < -0.39 is 5.60 Å². The molecule has 2 rings (SSSR count). The number of likely N-dealkylation sites (tertiary alicyclic amines) is 1. The summed E-state index contributed by atoms with van der Waals surface area (Å²) in [7, 11) is 3.03. The molecule has 1 aliphatic rings. The van der Waals surface area contributed by atoms with Crippen molar-refractivity contribution in [2.75, 3.05) is 27.7 Å². The number of nitrogens with one attached hydrogen (secondary N) is 1. The molecule has 1 N–H and O–H groups in total. The number of β-lactam (4-membered cyclic amide) rings is 1. The van der Waals surface area contributed by atoms with E-state index in [-0.39, 0.29) is 37.3 Å². The Morgan fingerprint density at radius 2 is 2.10 bits per heavy atom. The maximum Gasteiger partial charge on any atom is 0.259 e. The smallest absolute Gasteiger partial charge is 0.259 e. The van der Waals surface area contributed by atoms with Gasteiger partial charge in [-0.15, -0.1) is 0 Å². The number of hydrogen-bond acceptors (Lipinski definition) is 5. The van der Waals surface area contributed by atoms with Crippen molar-refractivity contribution in [3.05, 3.63) is 34.2 Å². The van der Waals surface area contributed by atoms with E-state index in [4.69, 9.17) is 14.2 Å². The molecule has 7 nitrogen and oxygen atoms in total. The number of aromatic nitrogens is 1. The first-order valence-corrected chi connectivity index (χ1v) is 6.65.